The Labute approximate surface area is 139 Å². The molecule has 0 spiro atoms. The molecule has 3 rings (SSSR count). The van der Waals surface area contributed by atoms with Crippen molar-refractivity contribution in [2.45, 2.75) is 39.3 Å². The lowest BCUT2D eigenvalue weighted by Crippen LogP contribution is -2.26. The number of amides is 2. The van der Waals surface area contributed by atoms with Gasteiger partial charge in [-0.1, -0.05) is 23.8 Å². The van der Waals surface area contributed by atoms with Gasteiger partial charge >= 0.3 is 0 Å². The Bertz CT molecular complexity index is 751. The Balaban J connectivity index is 1.65. The van der Waals surface area contributed by atoms with E-state index in [0.29, 0.717) is 11.4 Å². The van der Waals surface area contributed by atoms with E-state index in [2.05, 4.69) is 35.8 Å². The summed E-state index contributed by atoms with van der Waals surface area (Å²) in [4.78, 5) is 25.0. The van der Waals surface area contributed by atoms with Crippen molar-refractivity contribution >= 4 is 23.2 Å². The molecule has 1 aliphatic carbocycles. The first-order valence-corrected chi connectivity index (χ1v) is 8.58. The molecule has 0 bridgehead atoms. The molecule has 1 aromatic heterocycles. The highest BCUT2D eigenvalue weighted by Crippen LogP contribution is 2.32. The summed E-state index contributed by atoms with van der Waals surface area (Å²) in [5.74, 6) is -0.107. The lowest BCUT2D eigenvalue weighted by molar-refractivity contribution is -0.119. The van der Waals surface area contributed by atoms with E-state index < -0.39 is 0 Å². The molecule has 1 atom stereocenters. The van der Waals surface area contributed by atoms with Crippen molar-refractivity contribution in [1.29, 1.82) is 0 Å². The summed E-state index contributed by atoms with van der Waals surface area (Å²) in [6, 6.07) is 10.2. The summed E-state index contributed by atoms with van der Waals surface area (Å²) >= 11 is 1.42. The molecule has 0 saturated carbocycles. The SMILES string of the molecule is CC(=O)NCc1ccc(C(=O)N[C@@H]2CCc3cc(C)ccc32)s1. The summed E-state index contributed by atoms with van der Waals surface area (Å²) in [5.41, 5.74) is 3.84. The van der Waals surface area contributed by atoms with Gasteiger partial charge in [-0.15, -0.1) is 11.3 Å². The topological polar surface area (TPSA) is 58.2 Å². The second-order valence-corrected chi connectivity index (χ2v) is 7.11. The van der Waals surface area contributed by atoms with Crippen LogP contribution < -0.4 is 10.6 Å². The molecule has 2 aromatic rings. The molecule has 1 heterocycles. The zero-order valence-corrected chi connectivity index (χ0v) is 14.1. The maximum absolute atomic E-state index is 12.4. The first kappa shape index (κ1) is 15.7. The van der Waals surface area contributed by atoms with E-state index in [1.807, 2.05) is 12.1 Å². The molecule has 0 aliphatic heterocycles. The summed E-state index contributed by atoms with van der Waals surface area (Å²) in [6.07, 6.45) is 1.97. The van der Waals surface area contributed by atoms with Gasteiger partial charge < -0.3 is 10.6 Å². The summed E-state index contributed by atoms with van der Waals surface area (Å²) in [6.45, 7) is 4.05. The second-order valence-electron chi connectivity index (χ2n) is 5.94. The third-order valence-electron chi connectivity index (χ3n) is 4.08. The molecule has 1 aromatic carbocycles. The van der Waals surface area contributed by atoms with Gasteiger partial charge in [0.05, 0.1) is 17.5 Å². The zero-order chi connectivity index (χ0) is 16.4. The molecular formula is C18H20N2O2S. The number of rotatable bonds is 4. The van der Waals surface area contributed by atoms with Crippen LogP contribution in [0.2, 0.25) is 0 Å². The van der Waals surface area contributed by atoms with Gasteiger partial charge in [0.2, 0.25) is 5.91 Å². The number of carbonyl (C=O) groups excluding carboxylic acids is 2. The monoisotopic (exact) mass is 328 g/mol. The molecule has 2 amide bonds. The van der Waals surface area contributed by atoms with E-state index in [1.165, 1.54) is 35.0 Å². The third-order valence-corrected chi connectivity index (χ3v) is 5.16. The van der Waals surface area contributed by atoms with Crippen LogP contribution in [0.5, 0.6) is 0 Å². The molecule has 0 radical (unpaired) electrons. The average Bonchev–Trinajstić information content (AvgIpc) is 3.12. The third kappa shape index (κ3) is 3.62. The Morgan fingerprint density at radius 1 is 1.26 bits per heavy atom. The van der Waals surface area contributed by atoms with Crippen molar-refractivity contribution in [1.82, 2.24) is 10.6 Å². The van der Waals surface area contributed by atoms with Crippen molar-refractivity contribution in [3.05, 3.63) is 56.8 Å². The van der Waals surface area contributed by atoms with Crippen molar-refractivity contribution in [3.8, 4) is 0 Å². The van der Waals surface area contributed by atoms with Crippen molar-refractivity contribution < 1.29 is 9.59 Å². The quantitative estimate of drug-likeness (QED) is 0.906. The minimum atomic E-state index is -0.0674. The van der Waals surface area contributed by atoms with Gasteiger partial charge in [-0.25, -0.2) is 0 Å². The van der Waals surface area contributed by atoms with Crippen LogP contribution in [0.25, 0.3) is 0 Å². The standard InChI is InChI=1S/C18H20N2O2S/c1-11-3-6-15-13(9-11)4-7-16(15)20-18(22)17-8-5-14(23-17)10-19-12(2)21/h3,5-6,8-9,16H,4,7,10H2,1-2H3,(H,19,21)(H,20,22)/t16-/m1/s1. The van der Waals surface area contributed by atoms with Crippen LogP contribution in [0.1, 0.15) is 50.6 Å². The first-order chi connectivity index (χ1) is 11.0. The fraction of sp³-hybridized carbons (Fsp3) is 0.333. The first-order valence-electron chi connectivity index (χ1n) is 7.76. The molecule has 4 nitrogen and oxygen atoms in total. The molecule has 23 heavy (non-hydrogen) atoms. The van der Waals surface area contributed by atoms with Crippen LogP contribution in [-0.2, 0) is 17.8 Å². The van der Waals surface area contributed by atoms with Gasteiger partial charge in [0, 0.05) is 11.8 Å². The lowest BCUT2D eigenvalue weighted by atomic mass is 10.1. The predicted molar refractivity (Wildman–Crippen MR) is 91.5 cm³/mol. The molecule has 1 aliphatic rings. The number of carbonyl (C=O) groups is 2. The highest BCUT2D eigenvalue weighted by molar-refractivity contribution is 7.14. The van der Waals surface area contributed by atoms with Crippen LogP contribution in [0.4, 0.5) is 0 Å². The largest absolute Gasteiger partial charge is 0.351 e. The van der Waals surface area contributed by atoms with E-state index in [4.69, 9.17) is 0 Å². The number of hydrogen-bond donors (Lipinski definition) is 2. The van der Waals surface area contributed by atoms with Gasteiger partial charge in [0.1, 0.15) is 0 Å². The van der Waals surface area contributed by atoms with Crippen molar-refractivity contribution in [3.63, 3.8) is 0 Å². The Hall–Kier alpha value is -2.14. The Morgan fingerprint density at radius 2 is 2.09 bits per heavy atom. The maximum atomic E-state index is 12.4. The van der Waals surface area contributed by atoms with E-state index in [-0.39, 0.29) is 17.9 Å². The molecule has 2 N–H and O–H groups in total. The van der Waals surface area contributed by atoms with Crippen LogP contribution in [0, 0.1) is 6.92 Å². The smallest absolute Gasteiger partial charge is 0.261 e. The van der Waals surface area contributed by atoms with Crippen LogP contribution >= 0.6 is 11.3 Å². The summed E-state index contributed by atoms with van der Waals surface area (Å²) in [7, 11) is 0. The molecule has 0 unspecified atom stereocenters. The van der Waals surface area contributed by atoms with Gasteiger partial charge in [0.15, 0.2) is 0 Å². The van der Waals surface area contributed by atoms with Gasteiger partial charge in [-0.3, -0.25) is 9.59 Å². The summed E-state index contributed by atoms with van der Waals surface area (Å²) in [5, 5.41) is 5.88. The van der Waals surface area contributed by atoms with Crippen LogP contribution in [-0.4, -0.2) is 11.8 Å². The average molecular weight is 328 g/mol. The molecule has 120 valence electrons. The van der Waals surface area contributed by atoms with E-state index in [0.717, 1.165) is 17.7 Å². The number of benzene rings is 1. The van der Waals surface area contributed by atoms with E-state index in [1.54, 1.807) is 0 Å². The highest BCUT2D eigenvalue weighted by Gasteiger charge is 2.24. The number of fused-ring (bicyclic) bond motifs is 1. The Morgan fingerprint density at radius 3 is 2.87 bits per heavy atom. The van der Waals surface area contributed by atoms with Crippen molar-refractivity contribution in [2.75, 3.05) is 0 Å². The fourth-order valence-electron chi connectivity index (χ4n) is 2.93. The molecule has 5 heteroatoms. The van der Waals surface area contributed by atoms with Gasteiger partial charge in [0.25, 0.3) is 5.91 Å². The summed E-state index contributed by atoms with van der Waals surface area (Å²) < 4.78 is 0. The Kier molecular flexibility index (Phi) is 4.48. The normalized spacial score (nSPS) is 16.0. The minimum absolute atomic E-state index is 0.0394. The van der Waals surface area contributed by atoms with Crippen LogP contribution in [0.15, 0.2) is 30.3 Å². The lowest BCUT2D eigenvalue weighted by Gasteiger charge is -2.13. The second kappa shape index (κ2) is 6.54. The van der Waals surface area contributed by atoms with Crippen molar-refractivity contribution in [2.24, 2.45) is 0 Å². The fourth-order valence-corrected chi connectivity index (χ4v) is 3.78. The predicted octanol–water partition coefficient (Wildman–Crippen LogP) is 3.11. The maximum Gasteiger partial charge on any atom is 0.261 e. The minimum Gasteiger partial charge on any atom is -0.351 e. The van der Waals surface area contributed by atoms with Gasteiger partial charge in [-0.05, 0) is 43.0 Å². The zero-order valence-electron chi connectivity index (χ0n) is 13.3. The number of hydrogen-bond acceptors (Lipinski definition) is 3. The molecule has 0 saturated heterocycles. The highest BCUT2D eigenvalue weighted by atomic mass is 32.1. The van der Waals surface area contributed by atoms with Gasteiger partial charge in [-0.2, -0.15) is 0 Å². The van der Waals surface area contributed by atoms with E-state index in [9.17, 15) is 9.59 Å². The van der Waals surface area contributed by atoms with Crippen LogP contribution in [0.3, 0.4) is 0 Å². The molecular weight excluding hydrogens is 308 g/mol. The molecule has 0 fully saturated rings. The number of nitrogens with one attached hydrogen (secondary N) is 2. The number of aryl methyl sites for hydroxylation is 2. The van der Waals surface area contributed by atoms with E-state index >= 15 is 0 Å². The number of thiophene rings is 1.